The molecule has 19 heavy (non-hydrogen) atoms. The van der Waals surface area contributed by atoms with Crippen LogP contribution in [-0.4, -0.2) is 25.1 Å². The molecule has 0 radical (unpaired) electrons. The average molecular weight is 281 g/mol. The van der Waals surface area contributed by atoms with Gasteiger partial charge in [0.2, 0.25) is 0 Å². The zero-order chi connectivity index (χ0) is 13.4. The number of carbonyl (C=O) groups excluding carboxylic acids is 1. The van der Waals surface area contributed by atoms with E-state index < -0.39 is 0 Å². The minimum absolute atomic E-state index is 0.0787. The fourth-order valence-electron chi connectivity index (χ4n) is 2.11. The number of hydrogen-bond donors (Lipinski definition) is 3. The lowest BCUT2D eigenvalue weighted by atomic mass is 9.93. The van der Waals surface area contributed by atoms with Crippen molar-refractivity contribution < 1.29 is 9.53 Å². The lowest BCUT2D eigenvalue weighted by Gasteiger charge is -2.26. The van der Waals surface area contributed by atoms with Crippen molar-refractivity contribution in [2.24, 2.45) is 0 Å². The smallest absolute Gasteiger partial charge is 0.263 e. The van der Waals surface area contributed by atoms with E-state index >= 15 is 0 Å². The normalized spacial score (nSPS) is 18.8. The Morgan fingerprint density at radius 3 is 2.58 bits per heavy atom. The van der Waals surface area contributed by atoms with Crippen LogP contribution in [0.4, 0.5) is 10.7 Å². The van der Waals surface area contributed by atoms with Crippen LogP contribution < -0.4 is 21.1 Å². The molecule has 2 aliphatic carbocycles. The van der Waals surface area contributed by atoms with Crippen molar-refractivity contribution in [3.63, 3.8) is 0 Å². The highest BCUT2D eigenvalue weighted by molar-refractivity contribution is 7.19. The molecule has 0 saturated heterocycles. The minimum atomic E-state index is -0.0787. The summed E-state index contributed by atoms with van der Waals surface area (Å²) >= 11 is 1.39. The van der Waals surface area contributed by atoms with Gasteiger partial charge in [-0.05, 0) is 32.1 Å². The van der Waals surface area contributed by atoms with E-state index in [4.69, 9.17) is 10.5 Å². The van der Waals surface area contributed by atoms with Crippen molar-refractivity contribution in [2.45, 2.75) is 44.2 Å². The summed E-state index contributed by atoms with van der Waals surface area (Å²) in [6, 6.07) is 0.828. The van der Waals surface area contributed by atoms with Crippen LogP contribution in [0.3, 0.4) is 0 Å². The molecule has 0 unspecified atom stereocenters. The molecular formula is C13H19N3O2S. The second kappa shape index (κ2) is 4.92. The van der Waals surface area contributed by atoms with Crippen molar-refractivity contribution in [1.82, 2.24) is 5.32 Å². The summed E-state index contributed by atoms with van der Waals surface area (Å²) in [5.74, 6) is 0.530. The molecule has 3 rings (SSSR count). The van der Waals surface area contributed by atoms with Gasteiger partial charge in [0.1, 0.15) is 15.6 Å². The number of carbonyl (C=O) groups is 1. The highest BCUT2D eigenvalue weighted by Gasteiger charge is 2.29. The second-order valence-electron chi connectivity index (χ2n) is 5.23. The maximum atomic E-state index is 12.1. The number of nitrogens with one attached hydrogen (secondary N) is 2. The van der Waals surface area contributed by atoms with Crippen LogP contribution in [0, 0.1) is 0 Å². The van der Waals surface area contributed by atoms with Crippen molar-refractivity contribution in [3.8, 4) is 5.75 Å². The van der Waals surface area contributed by atoms with Gasteiger partial charge >= 0.3 is 0 Å². The van der Waals surface area contributed by atoms with E-state index in [9.17, 15) is 4.79 Å². The number of amides is 1. The predicted molar refractivity (Wildman–Crippen MR) is 77.0 cm³/mol. The lowest BCUT2D eigenvalue weighted by molar-refractivity contribution is 0.0956. The Labute approximate surface area is 116 Å². The Morgan fingerprint density at radius 2 is 2.05 bits per heavy atom. The third-order valence-corrected chi connectivity index (χ3v) is 4.78. The first-order valence-electron chi connectivity index (χ1n) is 6.72. The molecule has 1 aromatic heterocycles. The molecule has 5 nitrogen and oxygen atoms in total. The number of nitrogens with two attached hydrogens (primary N) is 1. The molecule has 0 aliphatic heterocycles. The molecule has 0 aromatic carbocycles. The minimum Gasteiger partial charge on any atom is -0.492 e. The van der Waals surface area contributed by atoms with Crippen LogP contribution in [0.25, 0.3) is 0 Å². The van der Waals surface area contributed by atoms with Gasteiger partial charge in [-0.25, -0.2) is 0 Å². The molecule has 1 aromatic rings. The molecule has 104 valence electrons. The summed E-state index contributed by atoms with van der Waals surface area (Å²) in [5.41, 5.74) is 6.48. The van der Waals surface area contributed by atoms with E-state index in [0.29, 0.717) is 28.4 Å². The van der Waals surface area contributed by atoms with Gasteiger partial charge in [0.05, 0.1) is 7.11 Å². The first kappa shape index (κ1) is 12.6. The van der Waals surface area contributed by atoms with Gasteiger partial charge in [-0.1, -0.05) is 0 Å². The van der Waals surface area contributed by atoms with Crippen LogP contribution in [0.5, 0.6) is 5.75 Å². The van der Waals surface area contributed by atoms with Crippen LogP contribution in [0.1, 0.15) is 41.8 Å². The quantitative estimate of drug-likeness (QED) is 0.773. The van der Waals surface area contributed by atoms with Gasteiger partial charge in [-0.15, -0.1) is 11.3 Å². The fourth-order valence-corrected chi connectivity index (χ4v) is 3.18. The SMILES string of the molecule is COc1c(NC2CCC2)sc(C(=O)NC2CC2)c1N. The van der Waals surface area contributed by atoms with Gasteiger partial charge < -0.3 is 21.1 Å². The van der Waals surface area contributed by atoms with Gasteiger partial charge in [0, 0.05) is 12.1 Å². The van der Waals surface area contributed by atoms with Crippen molar-refractivity contribution in [1.29, 1.82) is 0 Å². The van der Waals surface area contributed by atoms with Crippen LogP contribution in [-0.2, 0) is 0 Å². The highest BCUT2D eigenvalue weighted by atomic mass is 32.1. The summed E-state index contributed by atoms with van der Waals surface area (Å²) in [6.45, 7) is 0. The van der Waals surface area contributed by atoms with Crippen LogP contribution in [0.2, 0.25) is 0 Å². The Balaban J connectivity index is 1.80. The Kier molecular flexibility index (Phi) is 3.26. The topological polar surface area (TPSA) is 76.4 Å². The molecule has 2 fully saturated rings. The summed E-state index contributed by atoms with van der Waals surface area (Å²) in [5, 5.41) is 7.26. The third-order valence-electron chi connectivity index (χ3n) is 3.66. The van der Waals surface area contributed by atoms with E-state index in [-0.39, 0.29) is 5.91 Å². The predicted octanol–water partition coefficient (Wildman–Crippen LogP) is 2.20. The number of ether oxygens (including phenoxy) is 1. The summed E-state index contributed by atoms with van der Waals surface area (Å²) < 4.78 is 5.34. The molecule has 6 heteroatoms. The molecule has 0 bridgehead atoms. The Bertz CT molecular complexity index is 492. The lowest BCUT2D eigenvalue weighted by Crippen LogP contribution is -2.26. The van der Waals surface area contributed by atoms with Gasteiger partial charge in [-0.2, -0.15) is 0 Å². The number of methoxy groups -OCH3 is 1. The number of anilines is 2. The number of nitrogen functional groups attached to an aromatic ring is 1. The Morgan fingerprint density at radius 1 is 1.32 bits per heavy atom. The second-order valence-corrected chi connectivity index (χ2v) is 6.25. The van der Waals surface area contributed by atoms with E-state index in [1.165, 1.54) is 30.6 Å². The van der Waals surface area contributed by atoms with Gasteiger partial charge in [0.25, 0.3) is 5.91 Å². The average Bonchev–Trinajstić information content (AvgIpc) is 3.07. The first-order valence-corrected chi connectivity index (χ1v) is 7.54. The zero-order valence-electron chi connectivity index (χ0n) is 11.0. The molecule has 2 saturated carbocycles. The number of hydrogen-bond acceptors (Lipinski definition) is 5. The van der Waals surface area contributed by atoms with Crippen LogP contribution >= 0.6 is 11.3 Å². The summed E-state index contributed by atoms with van der Waals surface area (Å²) in [4.78, 5) is 12.7. The van der Waals surface area contributed by atoms with Crippen molar-refractivity contribution in [2.75, 3.05) is 18.2 Å². The highest BCUT2D eigenvalue weighted by Crippen LogP contribution is 2.44. The summed E-state index contributed by atoms with van der Waals surface area (Å²) in [7, 11) is 1.59. The fraction of sp³-hybridized carbons (Fsp3) is 0.615. The summed E-state index contributed by atoms with van der Waals surface area (Å²) in [6.07, 6.45) is 5.74. The van der Waals surface area contributed by atoms with Crippen molar-refractivity contribution in [3.05, 3.63) is 4.88 Å². The zero-order valence-corrected chi connectivity index (χ0v) is 11.8. The van der Waals surface area contributed by atoms with Gasteiger partial charge in [0.15, 0.2) is 5.75 Å². The molecule has 4 N–H and O–H groups in total. The van der Waals surface area contributed by atoms with Gasteiger partial charge in [-0.3, -0.25) is 4.79 Å². The first-order chi connectivity index (χ1) is 9.19. The maximum absolute atomic E-state index is 12.1. The Hall–Kier alpha value is -1.43. The van der Waals surface area contributed by atoms with E-state index in [2.05, 4.69) is 10.6 Å². The van der Waals surface area contributed by atoms with E-state index in [1.54, 1.807) is 7.11 Å². The standard InChI is InChI=1S/C13H19N3O2S/c1-18-10-9(14)11(12(17)15-8-5-6-8)19-13(10)16-7-3-2-4-7/h7-8,16H,2-6,14H2,1H3,(H,15,17). The molecule has 2 aliphatic rings. The maximum Gasteiger partial charge on any atom is 0.263 e. The largest absolute Gasteiger partial charge is 0.492 e. The molecular weight excluding hydrogens is 262 g/mol. The molecule has 0 spiro atoms. The van der Waals surface area contributed by atoms with Crippen LogP contribution in [0.15, 0.2) is 0 Å². The third kappa shape index (κ3) is 2.49. The number of rotatable bonds is 5. The molecule has 0 atom stereocenters. The van der Waals surface area contributed by atoms with Crippen molar-refractivity contribution >= 4 is 27.9 Å². The number of thiophene rings is 1. The molecule has 1 heterocycles. The monoisotopic (exact) mass is 281 g/mol. The van der Waals surface area contributed by atoms with E-state index in [0.717, 1.165) is 17.8 Å². The van der Waals surface area contributed by atoms with E-state index in [1.807, 2.05) is 0 Å². The molecule has 1 amide bonds.